The zero-order valence-corrected chi connectivity index (χ0v) is 12.9. The number of fused-ring (bicyclic) bond motifs is 1. The average molecular weight is 294 g/mol. The number of carbonyl (C=O) groups is 2. The highest BCUT2D eigenvalue weighted by atomic mass is 16.5. The van der Waals surface area contributed by atoms with Gasteiger partial charge < -0.3 is 20.1 Å². The molecule has 21 heavy (non-hydrogen) atoms. The largest absolute Gasteiger partial charge is 0.360 e. The van der Waals surface area contributed by atoms with Crippen LogP contribution >= 0.6 is 0 Å². The highest BCUT2D eigenvalue weighted by molar-refractivity contribution is 5.94. The van der Waals surface area contributed by atoms with Crippen molar-refractivity contribution in [2.75, 3.05) is 6.54 Å². The Balaban J connectivity index is 2.14. The first-order chi connectivity index (χ1) is 9.88. The van der Waals surface area contributed by atoms with Gasteiger partial charge in [-0.25, -0.2) is 4.79 Å². The number of hydrogen-bond acceptors (Lipinski definition) is 4. The zero-order valence-electron chi connectivity index (χ0n) is 12.9. The Labute approximate surface area is 124 Å². The van der Waals surface area contributed by atoms with Crippen LogP contribution < -0.4 is 10.6 Å². The van der Waals surface area contributed by atoms with Crippen LogP contribution in [-0.4, -0.2) is 40.6 Å². The second-order valence-corrected chi connectivity index (χ2v) is 5.84. The molecular formula is C14H22N4O3. The number of rotatable bonds is 3. The summed E-state index contributed by atoms with van der Waals surface area (Å²) in [6, 6.07) is -0.0362. The smallest absolute Gasteiger partial charge is 0.317 e. The molecule has 0 atom stereocenters. The standard InChI is InChI=1S/C14H22N4O3/c1-8(2)15-13(19)12-10-7-18(14(20)16-9(3)4)6-5-11(10)21-17-12/h8-9H,5-7H2,1-4H3,(H,15,19)(H,16,20). The van der Waals surface area contributed by atoms with Gasteiger partial charge in [-0.2, -0.15) is 0 Å². The van der Waals surface area contributed by atoms with E-state index in [0.717, 1.165) is 0 Å². The normalized spacial score (nSPS) is 14.3. The lowest BCUT2D eigenvalue weighted by atomic mass is 10.1. The number of nitrogens with one attached hydrogen (secondary N) is 2. The van der Waals surface area contributed by atoms with Crippen LogP contribution in [-0.2, 0) is 13.0 Å². The van der Waals surface area contributed by atoms with Crippen molar-refractivity contribution in [3.63, 3.8) is 0 Å². The van der Waals surface area contributed by atoms with E-state index in [9.17, 15) is 9.59 Å². The maximum atomic E-state index is 12.1. The van der Waals surface area contributed by atoms with Crippen molar-refractivity contribution in [3.05, 3.63) is 17.0 Å². The minimum atomic E-state index is -0.263. The van der Waals surface area contributed by atoms with Gasteiger partial charge in [-0.3, -0.25) is 4.79 Å². The third-order valence-corrected chi connectivity index (χ3v) is 3.16. The summed E-state index contributed by atoms with van der Waals surface area (Å²) in [5.41, 5.74) is 0.985. The summed E-state index contributed by atoms with van der Waals surface area (Å²) >= 11 is 0. The molecule has 0 bridgehead atoms. The lowest BCUT2D eigenvalue weighted by Crippen LogP contribution is -2.45. The van der Waals surface area contributed by atoms with Crippen molar-refractivity contribution in [2.45, 2.75) is 52.7 Å². The van der Waals surface area contributed by atoms with E-state index >= 15 is 0 Å². The summed E-state index contributed by atoms with van der Waals surface area (Å²) in [6.45, 7) is 8.49. The molecule has 3 amide bonds. The van der Waals surface area contributed by atoms with Crippen LogP contribution in [0.4, 0.5) is 4.79 Å². The molecule has 2 heterocycles. The van der Waals surface area contributed by atoms with Gasteiger partial charge in [-0.15, -0.1) is 0 Å². The third-order valence-electron chi connectivity index (χ3n) is 3.16. The third kappa shape index (κ3) is 3.53. The van der Waals surface area contributed by atoms with Gasteiger partial charge in [0.25, 0.3) is 5.91 Å². The Morgan fingerprint density at radius 1 is 1.19 bits per heavy atom. The molecule has 116 valence electrons. The fraction of sp³-hybridized carbons (Fsp3) is 0.643. The van der Waals surface area contributed by atoms with E-state index in [1.54, 1.807) is 4.90 Å². The predicted octanol–water partition coefficient (Wildman–Crippen LogP) is 1.29. The minimum absolute atomic E-state index is 0.0220. The molecule has 2 N–H and O–H groups in total. The average Bonchev–Trinajstić information content (AvgIpc) is 2.79. The molecular weight excluding hydrogens is 272 g/mol. The predicted molar refractivity (Wildman–Crippen MR) is 76.9 cm³/mol. The van der Waals surface area contributed by atoms with Gasteiger partial charge in [-0.05, 0) is 27.7 Å². The molecule has 0 spiro atoms. The van der Waals surface area contributed by atoms with Gasteiger partial charge in [-0.1, -0.05) is 5.16 Å². The lowest BCUT2D eigenvalue weighted by Gasteiger charge is -2.27. The zero-order chi connectivity index (χ0) is 15.6. The number of hydrogen-bond donors (Lipinski definition) is 2. The fourth-order valence-electron chi connectivity index (χ4n) is 2.23. The van der Waals surface area contributed by atoms with Gasteiger partial charge in [0.1, 0.15) is 5.76 Å². The molecule has 1 aromatic heterocycles. The molecule has 1 aliphatic rings. The van der Waals surface area contributed by atoms with E-state index in [1.165, 1.54) is 0 Å². The van der Waals surface area contributed by atoms with Crippen molar-refractivity contribution in [1.29, 1.82) is 0 Å². The highest BCUT2D eigenvalue weighted by Gasteiger charge is 2.29. The molecule has 0 fully saturated rings. The minimum Gasteiger partial charge on any atom is -0.360 e. The number of carbonyl (C=O) groups excluding carboxylic acids is 2. The molecule has 1 aliphatic heterocycles. The molecule has 0 saturated heterocycles. The Bertz CT molecular complexity index is 536. The van der Waals surface area contributed by atoms with E-state index in [-0.39, 0.29) is 29.7 Å². The van der Waals surface area contributed by atoms with E-state index in [2.05, 4.69) is 15.8 Å². The van der Waals surface area contributed by atoms with Crippen molar-refractivity contribution >= 4 is 11.9 Å². The SMILES string of the molecule is CC(C)NC(=O)c1noc2c1CN(C(=O)NC(C)C)CC2. The highest BCUT2D eigenvalue weighted by Crippen LogP contribution is 2.22. The monoisotopic (exact) mass is 294 g/mol. The molecule has 0 saturated carbocycles. The molecule has 0 aromatic carbocycles. The summed E-state index contributed by atoms with van der Waals surface area (Å²) < 4.78 is 5.23. The van der Waals surface area contributed by atoms with Crippen LogP contribution in [0.15, 0.2) is 4.52 Å². The summed E-state index contributed by atoms with van der Waals surface area (Å²) in [5, 5.41) is 9.50. The van der Waals surface area contributed by atoms with Gasteiger partial charge in [0.15, 0.2) is 5.69 Å². The quantitative estimate of drug-likeness (QED) is 0.879. The molecule has 0 aliphatic carbocycles. The van der Waals surface area contributed by atoms with Gasteiger partial charge in [0, 0.05) is 30.6 Å². The summed E-state index contributed by atoms with van der Waals surface area (Å²) in [7, 11) is 0. The Morgan fingerprint density at radius 3 is 2.48 bits per heavy atom. The van der Waals surface area contributed by atoms with Crippen LogP contribution in [0.2, 0.25) is 0 Å². The van der Waals surface area contributed by atoms with E-state index in [4.69, 9.17) is 4.52 Å². The Kier molecular flexibility index (Phi) is 4.50. The fourth-order valence-corrected chi connectivity index (χ4v) is 2.23. The maximum absolute atomic E-state index is 12.1. The molecule has 0 unspecified atom stereocenters. The lowest BCUT2D eigenvalue weighted by molar-refractivity contribution is 0.0932. The van der Waals surface area contributed by atoms with E-state index in [0.29, 0.717) is 30.8 Å². The summed E-state index contributed by atoms with van der Waals surface area (Å²) in [5.74, 6) is 0.429. The molecule has 2 rings (SSSR count). The van der Waals surface area contributed by atoms with Gasteiger partial charge in [0.2, 0.25) is 0 Å². The van der Waals surface area contributed by atoms with Crippen LogP contribution in [0.5, 0.6) is 0 Å². The number of nitrogens with zero attached hydrogens (tertiary/aromatic N) is 2. The molecule has 7 heteroatoms. The van der Waals surface area contributed by atoms with E-state index in [1.807, 2.05) is 27.7 Å². The van der Waals surface area contributed by atoms with Crippen molar-refractivity contribution in [2.24, 2.45) is 0 Å². The van der Waals surface area contributed by atoms with Gasteiger partial charge in [0.05, 0.1) is 6.54 Å². The Hall–Kier alpha value is -2.05. The first-order valence-electron chi connectivity index (χ1n) is 7.22. The van der Waals surface area contributed by atoms with Crippen molar-refractivity contribution in [3.8, 4) is 0 Å². The number of urea groups is 1. The van der Waals surface area contributed by atoms with E-state index < -0.39 is 0 Å². The van der Waals surface area contributed by atoms with Crippen LogP contribution in [0.3, 0.4) is 0 Å². The topological polar surface area (TPSA) is 87.5 Å². The van der Waals surface area contributed by atoms with Crippen LogP contribution in [0, 0.1) is 0 Å². The summed E-state index contributed by atoms with van der Waals surface area (Å²) in [4.78, 5) is 25.8. The molecule has 0 radical (unpaired) electrons. The Morgan fingerprint density at radius 2 is 1.86 bits per heavy atom. The van der Waals surface area contributed by atoms with Crippen LogP contribution in [0.1, 0.15) is 49.5 Å². The summed E-state index contributed by atoms with van der Waals surface area (Å²) in [6.07, 6.45) is 0.572. The maximum Gasteiger partial charge on any atom is 0.317 e. The molecule has 7 nitrogen and oxygen atoms in total. The van der Waals surface area contributed by atoms with Crippen molar-refractivity contribution < 1.29 is 14.1 Å². The second kappa shape index (κ2) is 6.15. The van der Waals surface area contributed by atoms with Gasteiger partial charge >= 0.3 is 6.03 Å². The first kappa shape index (κ1) is 15.3. The number of aromatic nitrogens is 1. The molecule has 1 aromatic rings. The van der Waals surface area contributed by atoms with Crippen molar-refractivity contribution in [1.82, 2.24) is 20.7 Å². The second-order valence-electron chi connectivity index (χ2n) is 5.84. The van der Waals surface area contributed by atoms with Crippen LogP contribution in [0.25, 0.3) is 0 Å². The number of amides is 3. The first-order valence-corrected chi connectivity index (χ1v) is 7.22.